The van der Waals surface area contributed by atoms with Crippen molar-refractivity contribution in [1.29, 1.82) is 0 Å². The quantitative estimate of drug-likeness (QED) is 0.547. The third-order valence-electron chi connectivity index (χ3n) is 1.54. The second-order valence-corrected chi connectivity index (χ2v) is 2.60. The van der Waals surface area contributed by atoms with Crippen LogP contribution in [0.3, 0.4) is 0 Å². The normalized spacial score (nSPS) is 13.2. The van der Waals surface area contributed by atoms with Crippen molar-refractivity contribution in [1.82, 2.24) is 14.3 Å². The highest BCUT2D eigenvalue weighted by Crippen LogP contribution is 1.83. The molecule has 6 heteroatoms. The molecule has 1 atom stereocenters. The Morgan fingerprint density at radius 3 is 2.92 bits per heavy atom. The Kier molecular flexibility index (Phi) is 2.61. The molecule has 0 spiro atoms. The maximum atomic E-state index is 11.1. The highest BCUT2D eigenvalue weighted by atomic mass is 16.3. The fourth-order valence-electron chi connectivity index (χ4n) is 0.820. The molecule has 0 aliphatic heterocycles. The molecule has 0 aromatic carbocycles. The molecule has 0 bridgehead atoms. The number of aryl methyl sites for hydroxylation is 1. The van der Waals surface area contributed by atoms with Gasteiger partial charge in [-0.1, -0.05) is 0 Å². The molecule has 1 unspecified atom stereocenters. The number of hydrogen-bond donors (Lipinski definition) is 2. The Morgan fingerprint density at radius 1 is 1.83 bits per heavy atom. The van der Waals surface area contributed by atoms with Crippen LogP contribution in [0.15, 0.2) is 11.1 Å². The summed E-state index contributed by atoms with van der Waals surface area (Å²) in [7, 11) is 1.60. The Bertz CT molecular complexity index is 303. The zero-order chi connectivity index (χ0) is 9.14. The molecule has 0 saturated heterocycles. The highest BCUT2D eigenvalue weighted by Gasteiger charge is 2.06. The second kappa shape index (κ2) is 3.51. The van der Waals surface area contributed by atoms with Crippen molar-refractivity contribution >= 4 is 0 Å². The highest BCUT2D eigenvalue weighted by molar-refractivity contribution is 4.67. The molecule has 0 aliphatic carbocycles. The maximum Gasteiger partial charge on any atom is 0.345 e. The fourth-order valence-corrected chi connectivity index (χ4v) is 0.820. The number of aromatic nitrogens is 3. The summed E-state index contributed by atoms with van der Waals surface area (Å²) >= 11 is 0. The van der Waals surface area contributed by atoms with Gasteiger partial charge in [0.05, 0.1) is 12.6 Å². The average Bonchev–Trinajstić information content (AvgIpc) is 2.36. The first-order chi connectivity index (χ1) is 5.65. The van der Waals surface area contributed by atoms with E-state index in [1.807, 2.05) is 0 Å². The summed E-state index contributed by atoms with van der Waals surface area (Å²) in [6.45, 7) is 0.277. The standard InChI is InChI=1S/C6H12N4O2/c1-9-4-8-10(6(9)12)3-5(11)2-7/h4-5,11H,2-3,7H2,1H3. The molecule has 0 fully saturated rings. The maximum absolute atomic E-state index is 11.1. The van der Waals surface area contributed by atoms with Crippen LogP contribution < -0.4 is 11.4 Å². The second-order valence-electron chi connectivity index (χ2n) is 2.60. The van der Waals surface area contributed by atoms with E-state index in [0.29, 0.717) is 0 Å². The Balaban J connectivity index is 2.76. The van der Waals surface area contributed by atoms with Crippen molar-refractivity contribution in [2.75, 3.05) is 6.54 Å². The van der Waals surface area contributed by atoms with E-state index < -0.39 is 6.10 Å². The molecule has 12 heavy (non-hydrogen) atoms. The largest absolute Gasteiger partial charge is 0.390 e. The van der Waals surface area contributed by atoms with E-state index in [9.17, 15) is 4.79 Å². The average molecular weight is 172 g/mol. The zero-order valence-electron chi connectivity index (χ0n) is 6.84. The molecule has 1 aromatic heterocycles. The number of nitrogens with zero attached hydrogens (tertiary/aromatic N) is 3. The Labute approximate surface area is 69.2 Å². The molecule has 1 heterocycles. The molecule has 0 saturated carbocycles. The van der Waals surface area contributed by atoms with Crippen molar-refractivity contribution in [3.05, 3.63) is 16.8 Å². The van der Waals surface area contributed by atoms with Gasteiger partial charge in [0.25, 0.3) is 0 Å². The topological polar surface area (TPSA) is 86.1 Å². The van der Waals surface area contributed by atoms with Gasteiger partial charge in [-0.3, -0.25) is 4.57 Å². The lowest BCUT2D eigenvalue weighted by atomic mass is 10.4. The molecule has 68 valence electrons. The van der Waals surface area contributed by atoms with Gasteiger partial charge in [-0.2, -0.15) is 5.10 Å². The summed E-state index contributed by atoms with van der Waals surface area (Å²) in [5.41, 5.74) is 4.93. The predicted molar refractivity (Wildman–Crippen MR) is 42.5 cm³/mol. The lowest BCUT2D eigenvalue weighted by Gasteiger charge is -2.04. The van der Waals surface area contributed by atoms with Crippen LogP contribution in [0.4, 0.5) is 0 Å². The van der Waals surface area contributed by atoms with Gasteiger partial charge in [-0.05, 0) is 0 Å². The Hall–Kier alpha value is -1.14. The first-order valence-corrected chi connectivity index (χ1v) is 3.61. The predicted octanol–water partition coefficient (Wildman–Crippen LogP) is -2.10. The first kappa shape index (κ1) is 8.95. The molecule has 1 rings (SSSR count). The fraction of sp³-hybridized carbons (Fsp3) is 0.667. The van der Waals surface area contributed by atoms with Crippen molar-refractivity contribution in [2.24, 2.45) is 12.8 Å². The van der Waals surface area contributed by atoms with E-state index in [0.717, 1.165) is 0 Å². The van der Waals surface area contributed by atoms with E-state index >= 15 is 0 Å². The molecule has 3 N–H and O–H groups in total. The molecular weight excluding hydrogens is 160 g/mol. The first-order valence-electron chi connectivity index (χ1n) is 3.61. The molecule has 6 nitrogen and oxygen atoms in total. The number of rotatable bonds is 3. The van der Waals surface area contributed by atoms with Crippen LogP contribution in [0, 0.1) is 0 Å². The van der Waals surface area contributed by atoms with Gasteiger partial charge in [0.1, 0.15) is 6.33 Å². The van der Waals surface area contributed by atoms with Gasteiger partial charge >= 0.3 is 5.69 Å². The lowest BCUT2D eigenvalue weighted by molar-refractivity contribution is 0.155. The third-order valence-corrected chi connectivity index (χ3v) is 1.54. The smallest absolute Gasteiger partial charge is 0.345 e. The van der Waals surface area contributed by atoms with Crippen LogP contribution in [0.2, 0.25) is 0 Å². The molecule has 0 radical (unpaired) electrons. The van der Waals surface area contributed by atoms with Crippen LogP contribution in [-0.2, 0) is 13.6 Å². The summed E-state index contributed by atoms with van der Waals surface area (Å²) in [5.74, 6) is 0. The summed E-state index contributed by atoms with van der Waals surface area (Å²) in [6.07, 6.45) is 0.684. The molecule has 0 amide bonds. The summed E-state index contributed by atoms with van der Waals surface area (Å²) in [5, 5.41) is 12.9. The Morgan fingerprint density at radius 2 is 2.50 bits per heavy atom. The monoisotopic (exact) mass is 172 g/mol. The van der Waals surface area contributed by atoms with Crippen molar-refractivity contribution in [3.63, 3.8) is 0 Å². The van der Waals surface area contributed by atoms with Crippen LogP contribution >= 0.6 is 0 Å². The van der Waals surface area contributed by atoms with Crippen molar-refractivity contribution < 1.29 is 5.11 Å². The van der Waals surface area contributed by atoms with Crippen LogP contribution in [0.1, 0.15) is 0 Å². The van der Waals surface area contributed by atoms with E-state index in [1.54, 1.807) is 7.05 Å². The minimum Gasteiger partial charge on any atom is -0.390 e. The van der Waals surface area contributed by atoms with E-state index in [-0.39, 0.29) is 18.8 Å². The number of nitrogens with two attached hydrogens (primary N) is 1. The van der Waals surface area contributed by atoms with E-state index in [1.165, 1.54) is 15.6 Å². The lowest BCUT2D eigenvalue weighted by Crippen LogP contribution is -2.32. The van der Waals surface area contributed by atoms with Crippen LogP contribution in [-0.4, -0.2) is 32.1 Å². The number of aliphatic hydroxyl groups excluding tert-OH is 1. The molecule has 1 aromatic rings. The van der Waals surface area contributed by atoms with Gasteiger partial charge in [-0.15, -0.1) is 0 Å². The van der Waals surface area contributed by atoms with Crippen molar-refractivity contribution in [2.45, 2.75) is 12.6 Å². The van der Waals surface area contributed by atoms with Crippen LogP contribution in [0.5, 0.6) is 0 Å². The summed E-state index contributed by atoms with van der Waals surface area (Å²) in [4.78, 5) is 11.1. The van der Waals surface area contributed by atoms with Crippen molar-refractivity contribution in [3.8, 4) is 0 Å². The summed E-state index contributed by atoms with van der Waals surface area (Å²) in [6, 6.07) is 0. The van der Waals surface area contributed by atoms with Gasteiger partial charge in [0.15, 0.2) is 0 Å². The van der Waals surface area contributed by atoms with Crippen LogP contribution in [0.25, 0.3) is 0 Å². The minimum atomic E-state index is -0.711. The minimum absolute atomic E-state index is 0.128. The van der Waals surface area contributed by atoms with E-state index in [2.05, 4.69) is 5.10 Å². The van der Waals surface area contributed by atoms with E-state index in [4.69, 9.17) is 10.8 Å². The van der Waals surface area contributed by atoms with Gasteiger partial charge in [0.2, 0.25) is 0 Å². The SMILES string of the molecule is Cn1cnn(CC(O)CN)c1=O. The summed E-state index contributed by atoms with van der Waals surface area (Å²) < 4.78 is 2.51. The number of hydrogen-bond acceptors (Lipinski definition) is 4. The number of aliphatic hydroxyl groups is 1. The molecule has 0 aliphatic rings. The van der Waals surface area contributed by atoms with Gasteiger partial charge < -0.3 is 10.8 Å². The third kappa shape index (κ3) is 1.72. The van der Waals surface area contributed by atoms with Gasteiger partial charge in [0, 0.05) is 13.6 Å². The van der Waals surface area contributed by atoms with Gasteiger partial charge in [-0.25, -0.2) is 9.48 Å². The molecular formula is C6H12N4O2. The zero-order valence-corrected chi connectivity index (χ0v) is 6.84.